The minimum Gasteiger partial charge on any atom is -0.506 e. The number of ether oxygens (including phenoxy) is 2. The number of imide groups is 2. The lowest BCUT2D eigenvalue weighted by atomic mass is 9.75. The Hall–Kier alpha value is -9.02. The van der Waals surface area contributed by atoms with Crippen LogP contribution in [0.2, 0.25) is 38.3 Å². The molecule has 0 saturated heterocycles. The summed E-state index contributed by atoms with van der Waals surface area (Å²) >= 11 is 0. The molecule has 2 heterocycles. The summed E-state index contributed by atoms with van der Waals surface area (Å²) in [6.07, 6.45) is -4.48. The van der Waals surface area contributed by atoms with E-state index in [2.05, 4.69) is 10.6 Å². The summed E-state index contributed by atoms with van der Waals surface area (Å²) < 4.78 is 62.9. The summed E-state index contributed by atoms with van der Waals surface area (Å²) in [5, 5.41) is 45.8. The number of nitrogens with zero attached hydrogens (tertiary/aromatic N) is 2. The quantitative estimate of drug-likeness (QED) is 0.0162. The fourth-order valence-corrected chi connectivity index (χ4v) is 18.7. The van der Waals surface area contributed by atoms with Gasteiger partial charge in [-0.1, -0.05) is 27.0 Å². The van der Waals surface area contributed by atoms with Crippen molar-refractivity contribution in [1.82, 2.24) is 9.80 Å². The number of hydrogen-bond acceptors (Lipinski definition) is 15. The number of alkyl halides is 3. The molecule has 0 spiro atoms. The van der Waals surface area contributed by atoms with Gasteiger partial charge in [0.05, 0.1) is 55.9 Å². The van der Waals surface area contributed by atoms with Crippen molar-refractivity contribution >= 4 is 88.3 Å². The van der Waals surface area contributed by atoms with Crippen LogP contribution >= 0.6 is 0 Å². The van der Waals surface area contributed by atoms with Crippen LogP contribution in [-0.2, 0) is 19.1 Å². The highest BCUT2D eigenvalue weighted by Crippen LogP contribution is 2.49. The zero-order valence-electron chi connectivity index (χ0n) is 44.4. The molecule has 6 N–H and O–H groups in total. The number of rotatable bonds is 22. The van der Waals surface area contributed by atoms with Crippen molar-refractivity contribution in [3.05, 3.63) is 140 Å². The van der Waals surface area contributed by atoms with E-state index in [4.69, 9.17) is 13.6 Å². The third-order valence-electron chi connectivity index (χ3n) is 14.1. The summed E-state index contributed by atoms with van der Waals surface area (Å²) in [5.74, 6) is -10.1. The number of anilines is 2. The van der Waals surface area contributed by atoms with E-state index in [0.717, 1.165) is 77.4 Å². The SMILES string of the molecule is C.C.Cc1cc2c(cc1OC=O)C(=O)N(CCC[Si](C)(C)O[Si](C)(C)CCCN1C(=O)c3cc(C(=O)O)c(C(=O)Nc4cc(C(C)(c5ccc(O)c(NC(=O)c6cc(C)c(C(=O)O)cc6OC=O)c5)C(F)(F)F)ccc4O)cc3C1=O)C2=O. The lowest BCUT2D eigenvalue weighted by Gasteiger charge is -2.34. The van der Waals surface area contributed by atoms with Crippen LogP contribution in [0.4, 0.5) is 24.5 Å². The van der Waals surface area contributed by atoms with Crippen LogP contribution in [0.15, 0.2) is 72.8 Å². The molecule has 5 aromatic carbocycles. The Morgan fingerprint density at radius 1 is 0.566 bits per heavy atom. The topological polar surface area (TPSA) is 310 Å². The fourth-order valence-electron chi connectivity index (χ4n) is 9.90. The number of aryl methyl sites for hydroxylation is 2. The zero-order valence-corrected chi connectivity index (χ0v) is 46.4. The van der Waals surface area contributed by atoms with Gasteiger partial charge in [-0.25, -0.2) is 9.59 Å². The molecule has 83 heavy (non-hydrogen) atoms. The van der Waals surface area contributed by atoms with Crippen molar-refractivity contribution in [3.63, 3.8) is 0 Å². The highest BCUT2D eigenvalue weighted by molar-refractivity contribution is 6.84. The molecular weight excluding hydrogens is 1130 g/mol. The van der Waals surface area contributed by atoms with E-state index < -0.39 is 132 Å². The fraction of sp³-hybridized carbons (Fsp3) is 0.298. The lowest BCUT2D eigenvalue weighted by molar-refractivity contribution is -0.173. The van der Waals surface area contributed by atoms with Gasteiger partial charge in [0.25, 0.3) is 48.4 Å². The van der Waals surface area contributed by atoms with Gasteiger partial charge in [-0.3, -0.25) is 48.2 Å². The molecule has 0 radical (unpaired) electrons. The third-order valence-corrected chi connectivity index (χ3v) is 21.6. The monoisotopic (exact) mass is 1190 g/mol. The molecule has 1 atom stereocenters. The number of nitrogens with one attached hydrogen (secondary N) is 2. The summed E-state index contributed by atoms with van der Waals surface area (Å²) in [6.45, 7) is 11.8. The second-order valence-corrected chi connectivity index (χ2v) is 29.5. The predicted molar refractivity (Wildman–Crippen MR) is 300 cm³/mol. The van der Waals surface area contributed by atoms with Gasteiger partial charge in [-0.05, 0) is 155 Å². The molecule has 0 bridgehead atoms. The number of carbonyl (C=O) groups is 10. The van der Waals surface area contributed by atoms with Gasteiger partial charge in [0.15, 0.2) is 16.6 Å². The number of benzene rings is 5. The molecule has 0 saturated carbocycles. The number of halogens is 3. The van der Waals surface area contributed by atoms with Crippen molar-refractivity contribution in [3.8, 4) is 23.0 Å². The first-order valence-corrected chi connectivity index (χ1v) is 31.0. The standard InChI is InChI=1S/C55H53F3N4O17Si2.2CH4/c1-28-18-39(45(78-27-64)24-32(28)52(73)74)47(68)60-41-21-31(11-13-43(41)66)54(3,55(56,57)58)30-10-12-42(65)40(20-30)59-46(67)33-22-35-36(23-38(33)53(75)76)50(71)62(49(35)70)15-9-17-81(6,7)79-80(4,5)16-8-14-61-48(69)34-19-29(2)44(77-26-63)25-37(34)51(61)72;;/h10-13,18-27,65-66H,8-9,14-17H2,1-7H3,(H,59,67)(H,60,68)(H,73,74)(H,75,76);2*1H4. The maximum atomic E-state index is 15.5. The van der Waals surface area contributed by atoms with Crippen LogP contribution in [0.3, 0.4) is 0 Å². The molecule has 6 amide bonds. The number of fused-ring (bicyclic) bond motifs is 2. The molecule has 1 unspecified atom stereocenters. The largest absolute Gasteiger partial charge is 0.506 e. The first-order chi connectivity index (χ1) is 37.8. The van der Waals surface area contributed by atoms with E-state index in [1.165, 1.54) is 19.1 Å². The maximum Gasteiger partial charge on any atom is 0.402 e. The molecule has 440 valence electrons. The summed E-state index contributed by atoms with van der Waals surface area (Å²) in [6, 6.07) is 12.5. The van der Waals surface area contributed by atoms with E-state index in [-0.39, 0.29) is 86.4 Å². The van der Waals surface area contributed by atoms with E-state index >= 15 is 13.2 Å². The minimum atomic E-state index is -5.20. The van der Waals surface area contributed by atoms with Crippen molar-refractivity contribution in [2.24, 2.45) is 0 Å². The van der Waals surface area contributed by atoms with Crippen LogP contribution in [0.1, 0.15) is 140 Å². The van der Waals surface area contributed by atoms with Crippen LogP contribution < -0.4 is 20.1 Å². The molecule has 21 nitrogen and oxygen atoms in total. The Morgan fingerprint density at radius 2 is 0.976 bits per heavy atom. The lowest BCUT2D eigenvalue weighted by Crippen LogP contribution is -2.45. The van der Waals surface area contributed by atoms with Crippen molar-refractivity contribution in [2.75, 3.05) is 23.7 Å². The van der Waals surface area contributed by atoms with Crippen LogP contribution in [0.25, 0.3) is 0 Å². The van der Waals surface area contributed by atoms with E-state index in [9.17, 15) is 68.4 Å². The number of aromatic carboxylic acids is 2. The smallest absolute Gasteiger partial charge is 0.402 e. The van der Waals surface area contributed by atoms with Crippen molar-refractivity contribution < 1.29 is 95.1 Å². The minimum absolute atomic E-state index is 0. The van der Waals surface area contributed by atoms with Gasteiger partial charge in [0.1, 0.15) is 28.4 Å². The second kappa shape index (κ2) is 24.6. The van der Waals surface area contributed by atoms with Gasteiger partial charge < -0.3 is 44.6 Å². The van der Waals surface area contributed by atoms with Gasteiger partial charge in [-0.2, -0.15) is 13.2 Å². The number of phenolic OH excluding ortho intramolecular Hbond substituents is 2. The van der Waals surface area contributed by atoms with Crippen molar-refractivity contribution in [2.45, 2.75) is 98.3 Å². The van der Waals surface area contributed by atoms with Gasteiger partial charge in [0.2, 0.25) is 0 Å². The van der Waals surface area contributed by atoms with Gasteiger partial charge >= 0.3 is 18.1 Å². The highest BCUT2D eigenvalue weighted by Gasteiger charge is 2.54. The number of amides is 6. The molecule has 0 aromatic heterocycles. The van der Waals surface area contributed by atoms with Gasteiger partial charge in [-0.15, -0.1) is 0 Å². The molecule has 0 aliphatic carbocycles. The summed E-state index contributed by atoms with van der Waals surface area (Å²) in [7, 11) is -4.98. The van der Waals surface area contributed by atoms with Crippen LogP contribution in [-0.4, -0.2) is 126 Å². The van der Waals surface area contributed by atoms with Gasteiger partial charge in [0, 0.05) is 13.1 Å². The highest BCUT2D eigenvalue weighted by atomic mass is 28.4. The number of hydrogen-bond donors (Lipinski definition) is 6. The first kappa shape index (κ1) is 64.8. The maximum absolute atomic E-state index is 15.5. The normalized spacial score (nSPS) is 13.7. The van der Waals surface area contributed by atoms with Crippen molar-refractivity contribution in [1.29, 1.82) is 0 Å². The Morgan fingerprint density at radius 3 is 1.41 bits per heavy atom. The van der Waals surface area contributed by atoms with E-state index in [1.807, 2.05) is 26.2 Å². The van der Waals surface area contributed by atoms with Crippen LogP contribution in [0.5, 0.6) is 23.0 Å². The molecule has 5 aromatic rings. The van der Waals surface area contributed by atoms with E-state index in [1.54, 1.807) is 6.92 Å². The molecule has 0 fully saturated rings. The summed E-state index contributed by atoms with van der Waals surface area (Å²) in [4.78, 5) is 130. The Bertz CT molecular complexity index is 3530. The third kappa shape index (κ3) is 13.0. The molecule has 2 aliphatic rings. The average molecular weight is 1190 g/mol. The average Bonchev–Trinajstić information content (AvgIpc) is 3.98. The first-order valence-electron chi connectivity index (χ1n) is 24.8. The Labute approximate surface area is 476 Å². The summed E-state index contributed by atoms with van der Waals surface area (Å²) in [5.41, 5.74) is -7.45. The number of aromatic hydroxyl groups is 2. The number of carboxylic acids is 2. The predicted octanol–water partition coefficient (Wildman–Crippen LogP) is 9.93. The van der Waals surface area contributed by atoms with Crippen LogP contribution in [0, 0.1) is 13.8 Å². The molecular formula is C57H61F3N4O17Si2. The molecule has 2 aliphatic heterocycles. The second-order valence-electron chi connectivity index (χ2n) is 20.7. The Balaban J connectivity index is 0.00000631. The number of carboxylic acid groups (broad SMARTS) is 2. The Kier molecular flexibility index (Phi) is 19.2. The molecule has 26 heteroatoms. The zero-order chi connectivity index (χ0) is 59.8. The number of carbonyl (C=O) groups excluding carboxylic acids is 8. The number of phenols is 2. The van der Waals surface area contributed by atoms with E-state index in [0.29, 0.717) is 24.1 Å². The molecule has 7 rings (SSSR count).